The predicted octanol–water partition coefficient (Wildman–Crippen LogP) is 3.16. The standard InChI is InChI=1S/C11H11Cl2NO/c12-8-1-2-11(10(13)7-8)14-5-3-9(15)4-6-14/h1-2,7H,3-6H2. The van der Waals surface area contributed by atoms with Crippen molar-refractivity contribution in [2.75, 3.05) is 18.0 Å². The van der Waals surface area contributed by atoms with Crippen molar-refractivity contribution in [1.82, 2.24) is 0 Å². The summed E-state index contributed by atoms with van der Waals surface area (Å²) in [6, 6.07) is 5.45. The summed E-state index contributed by atoms with van der Waals surface area (Å²) in [6.45, 7) is 1.50. The van der Waals surface area contributed by atoms with E-state index in [9.17, 15) is 4.79 Å². The number of Topliss-reactive ketones (excluding diaryl/α,β-unsaturated/α-hetero) is 1. The summed E-state index contributed by atoms with van der Waals surface area (Å²) >= 11 is 11.9. The van der Waals surface area contributed by atoms with Gasteiger partial charge in [0, 0.05) is 31.0 Å². The molecule has 0 atom stereocenters. The molecule has 1 aliphatic rings. The largest absolute Gasteiger partial charge is 0.369 e. The maximum absolute atomic E-state index is 11.1. The monoisotopic (exact) mass is 243 g/mol. The molecule has 0 N–H and O–H groups in total. The Kier molecular flexibility index (Phi) is 3.17. The van der Waals surface area contributed by atoms with Crippen molar-refractivity contribution < 1.29 is 4.79 Å². The van der Waals surface area contributed by atoms with E-state index in [4.69, 9.17) is 23.2 Å². The fraction of sp³-hybridized carbons (Fsp3) is 0.364. The van der Waals surface area contributed by atoms with E-state index >= 15 is 0 Å². The van der Waals surface area contributed by atoms with Gasteiger partial charge in [-0.05, 0) is 18.2 Å². The molecule has 80 valence electrons. The molecule has 1 aliphatic heterocycles. The number of carbonyl (C=O) groups excluding carboxylic acids is 1. The Labute approximate surface area is 98.8 Å². The van der Waals surface area contributed by atoms with Gasteiger partial charge >= 0.3 is 0 Å². The number of benzene rings is 1. The minimum Gasteiger partial charge on any atom is -0.369 e. The van der Waals surface area contributed by atoms with Gasteiger partial charge in [-0.2, -0.15) is 0 Å². The van der Waals surface area contributed by atoms with Crippen LogP contribution in [0, 0.1) is 0 Å². The number of rotatable bonds is 1. The SMILES string of the molecule is O=C1CCN(c2ccc(Cl)cc2Cl)CC1. The lowest BCUT2D eigenvalue weighted by Crippen LogP contribution is -2.33. The fourth-order valence-corrected chi connectivity index (χ4v) is 2.26. The molecule has 2 rings (SSSR count). The van der Waals surface area contributed by atoms with Crippen molar-refractivity contribution >= 4 is 34.7 Å². The third kappa shape index (κ3) is 2.44. The molecule has 0 aliphatic carbocycles. The van der Waals surface area contributed by atoms with Gasteiger partial charge in [-0.25, -0.2) is 0 Å². The molecule has 2 nitrogen and oxygen atoms in total. The highest BCUT2D eigenvalue weighted by atomic mass is 35.5. The third-order valence-corrected chi connectivity index (χ3v) is 3.11. The van der Waals surface area contributed by atoms with Crippen LogP contribution in [0.25, 0.3) is 0 Å². The molecule has 0 amide bonds. The van der Waals surface area contributed by atoms with Crippen LogP contribution in [0.1, 0.15) is 12.8 Å². The van der Waals surface area contributed by atoms with Crippen LogP contribution in [0.5, 0.6) is 0 Å². The summed E-state index contributed by atoms with van der Waals surface area (Å²) < 4.78 is 0. The highest BCUT2D eigenvalue weighted by Crippen LogP contribution is 2.30. The van der Waals surface area contributed by atoms with E-state index in [1.54, 1.807) is 6.07 Å². The first kappa shape index (κ1) is 10.8. The molecule has 1 aromatic carbocycles. The number of halogens is 2. The van der Waals surface area contributed by atoms with E-state index in [-0.39, 0.29) is 0 Å². The Bertz CT molecular complexity index is 382. The highest BCUT2D eigenvalue weighted by Gasteiger charge is 2.18. The smallest absolute Gasteiger partial charge is 0.136 e. The summed E-state index contributed by atoms with van der Waals surface area (Å²) in [5, 5.41) is 1.29. The van der Waals surface area contributed by atoms with E-state index in [2.05, 4.69) is 4.90 Å². The molecule has 0 unspecified atom stereocenters. The zero-order valence-electron chi connectivity index (χ0n) is 8.17. The average molecular weight is 244 g/mol. The first-order valence-electron chi connectivity index (χ1n) is 4.88. The van der Waals surface area contributed by atoms with Gasteiger partial charge < -0.3 is 4.90 Å². The summed E-state index contributed by atoms with van der Waals surface area (Å²) in [5.41, 5.74) is 0.966. The highest BCUT2D eigenvalue weighted by molar-refractivity contribution is 6.36. The van der Waals surface area contributed by atoms with Crippen LogP contribution >= 0.6 is 23.2 Å². The zero-order chi connectivity index (χ0) is 10.8. The van der Waals surface area contributed by atoms with Gasteiger partial charge in [0.15, 0.2) is 0 Å². The Morgan fingerprint density at radius 1 is 1.13 bits per heavy atom. The van der Waals surface area contributed by atoms with Crippen molar-refractivity contribution in [3.8, 4) is 0 Å². The molecule has 4 heteroatoms. The van der Waals surface area contributed by atoms with Crippen LogP contribution in [0.2, 0.25) is 10.0 Å². The molecule has 0 spiro atoms. The maximum atomic E-state index is 11.1. The summed E-state index contributed by atoms with van der Waals surface area (Å²) in [4.78, 5) is 13.2. The first-order chi connectivity index (χ1) is 7.16. The number of nitrogens with zero attached hydrogens (tertiary/aromatic N) is 1. The molecule has 1 heterocycles. The van der Waals surface area contributed by atoms with Crippen LogP contribution in [0.3, 0.4) is 0 Å². The lowest BCUT2D eigenvalue weighted by molar-refractivity contribution is -0.119. The Morgan fingerprint density at radius 3 is 2.40 bits per heavy atom. The molecule has 0 saturated carbocycles. The Morgan fingerprint density at radius 2 is 1.80 bits per heavy atom. The number of hydrogen-bond donors (Lipinski definition) is 0. The summed E-state index contributed by atoms with van der Waals surface area (Å²) in [6.07, 6.45) is 1.22. The predicted molar refractivity (Wildman–Crippen MR) is 62.9 cm³/mol. The number of piperidine rings is 1. The number of hydrogen-bond acceptors (Lipinski definition) is 2. The van der Waals surface area contributed by atoms with Crippen molar-refractivity contribution in [1.29, 1.82) is 0 Å². The van der Waals surface area contributed by atoms with Gasteiger partial charge in [0.25, 0.3) is 0 Å². The maximum Gasteiger partial charge on any atom is 0.136 e. The number of anilines is 1. The van der Waals surface area contributed by atoms with E-state index in [0.717, 1.165) is 18.8 Å². The minimum absolute atomic E-state index is 0.330. The van der Waals surface area contributed by atoms with Gasteiger partial charge in [-0.15, -0.1) is 0 Å². The van der Waals surface area contributed by atoms with Crippen molar-refractivity contribution in [2.45, 2.75) is 12.8 Å². The van der Waals surface area contributed by atoms with Crippen molar-refractivity contribution in [3.05, 3.63) is 28.2 Å². The van der Waals surface area contributed by atoms with E-state index < -0.39 is 0 Å². The molecular formula is C11H11Cl2NO. The van der Waals surface area contributed by atoms with Crippen LogP contribution in [0.15, 0.2) is 18.2 Å². The molecule has 1 aromatic rings. The molecule has 1 saturated heterocycles. The second kappa shape index (κ2) is 4.42. The topological polar surface area (TPSA) is 20.3 Å². The summed E-state index contributed by atoms with van der Waals surface area (Å²) in [5.74, 6) is 0.330. The van der Waals surface area contributed by atoms with Crippen molar-refractivity contribution in [2.24, 2.45) is 0 Å². The minimum atomic E-state index is 0.330. The normalized spacial score (nSPS) is 16.9. The second-order valence-electron chi connectivity index (χ2n) is 3.62. The summed E-state index contributed by atoms with van der Waals surface area (Å²) in [7, 11) is 0. The Hall–Kier alpha value is -0.730. The van der Waals surface area contributed by atoms with Gasteiger partial charge in [0.1, 0.15) is 5.78 Å². The fourth-order valence-electron chi connectivity index (χ4n) is 1.73. The lowest BCUT2D eigenvalue weighted by Gasteiger charge is -2.28. The van der Waals surface area contributed by atoms with Gasteiger partial charge in [-0.1, -0.05) is 23.2 Å². The van der Waals surface area contributed by atoms with Crippen LogP contribution in [-0.4, -0.2) is 18.9 Å². The molecule has 0 aromatic heterocycles. The van der Waals surface area contributed by atoms with Gasteiger partial charge in [0.05, 0.1) is 10.7 Å². The van der Waals surface area contributed by atoms with Crippen LogP contribution in [-0.2, 0) is 4.79 Å². The quantitative estimate of drug-likeness (QED) is 0.756. The first-order valence-corrected chi connectivity index (χ1v) is 5.64. The van der Waals surface area contributed by atoms with E-state index in [1.807, 2.05) is 12.1 Å². The molecule has 0 bridgehead atoms. The van der Waals surface area contributed by atoms with Gasteiger partial charge in [0.2, 0.25) is 0 Å². The molecule has 15 heavy (non-hydrogen) atoms. The number of carbonyl (C=O) groups is 1. The van der Waals surface area contributed by atoms with E-state index in [1.165, 1.54) is 0 Å². The molecular weight excluding hydrogens is 233 g/mol. The average Bonchev–Trinajstić information content (AvgIpc) is 2.20. The van der Waals surface area contributed by atoms with Gasteiger partial charge in [-0.3, -0.25) is 4.79 Å². The lowest BCUT2D eigenvalue weighted by atomic mass is 10.1. The van der Waals surface area contributed by atoms with Crippen LogP contribution in [0.4, 0.5) is 5.69 Å². The Balaban J connectivity index is 2.19. The van der Waals surface area contributed by atoms with Crippen LogP contribution < -0.4 is 4.90 Å². The molecule has 1 fully saturated rings. The zero-order valence-corrected chi connectivity index (χ0v) is 9.68. The van der Waals surface area contributed by atoms with Crippen molar-refractivity contribution in [3.63, 3.8) is 0 Å². The molecule has 0 radical (unpaired) electrons. The second-order valence-corrected chi connectivity index (χ2v) is 4.47. The third-order valence-electron chi connectivity index (χ3n) is 2.57. The van der Waals surface area contributed by atoms with E-state index in [0.29, 0.717) is 28.7 Å². The number of ketones is 1.